The number of hydrogen-bond donors (Lipinski definition) is 1. The Kier molecular flexibility index (Phi) is 6.08. The summed E-state index contributed by atoms with van der Waals surface area (Å²) in [4.78, 5) is 22.3. The maximum absolute atomic E-state index is 11.3. The third-order valence-corrected chi connectivity index (χ3v) is 2.13. The van der Waals surface area contributed by atoms with Crippen molar-refractivity contribution in [3.63, 3.8) is 0 Å². The molecule has 0 fully saturated rings. The summed E-state index contributed by atoms with van der Waals surface area (Å²) < 4.78 is 9.65. The Bertz CT molecular complexity index is 454. The van der Waals surface area contributed by atoms with Crippen molar-refractivity contribution in [3.05, 3.63) is 29.8 Å². The molecule has 1 N–H and O–H groups in total. The minimum absolute atomic E-state index is 0.251. The summed E-state index contributed by atoms with van der Waals surface area (Å²) in [7, 11) is 1.58. The van der Waals surface area contributed by atoms with E-state index >= 15 is 0 Å². The van der Waals surface area contributed by atoms with Gasteiger partial charge in [-0.15, -0.1) is 0 Å². The smallest absolute Gasteiger partial charge is 0.315 e. The van der Waals surface area contributed by atoms with Gasteiger partial charge in [0.25, 0.3) is 5.91 Å². The Balaban J connectivity index is 2.40. The number of esters is 1. The molecule has 0 saturated heterocycles. The molecule has 1 rings (SSSR count). The molecule has 0 heterocycles. The molecule has 1 aromatic rings. The molecule has 1 aromatic carbocycles. The second-order valence-electron chi connectivity index (χ2n) is 3.55. The third-order valence-electron chi connectivity index (χ3n) is 2.13. The monoisotopic (exact) mass is 264 g/mol. The molecule has 6 heteroatoms. The molecule has 0 bridgehead atoms. The van der Waals surface area contributed by atoms with Gasteiger partial charge in [-0.3, -0.25) is 9.59 Å². The molecule has 1 amide bonds. The zero-order valence-electron chi connectivity index (χ0n) is 10.9. The number of hydrogen-bond acceptors (Lipinski definition) is 5. The number of benzene rings is 1. The molecule has 0 atom stereocenters. The van der Waals surface area contributed by atoms with Crippen molar-refractivity contribution >= 4 is 18.1 Å². The van der Waals surface area contributed by atoms with E-state index in [0.717, 1.165) is 11.3 Å². The van der Waals surface area contributed by atoms with E-state index in [2.05, 4.69) is 15.3 Å². The van der Waals surface area contributed by atoms with Crippen LogP contribution in [0.4, 0.5) is 0 Å². The summed E-state index contributed by atoms with van der Waals surface area (Å²) in [6.45, 7) is 1.93. The van der Waals surface area contributed by atoms with Crippen molar-refractivity contribution in [1.29, 1.82) is 0 Å². The van der Waals surface area contributed by atoms with Gasteiger partial charge in [-0.2, -0.15) is 5.10 Å². The predicted octanol–water partition coefficient (Wildman–Crippen LogP) is 1.10. The van der Waals surface area contributed by atoms with Gasteiger partial charge >= 0.3 is 5.97 Å². The largest absolute Gasteiger partial charge is 0.497 e. The van der Waals surface area contributed by atoms with Gasteiger partial charge in [0.1, 0.15) is 12.2 Å². The zero-order chi connectivity index (χ0) is 14.1. The molecule has 0 aliphatic carbocycles. The van der Waals surface area contributed by atoms with Crippen LogP contribution in [-0.2, 0) is 14.3 Å². The van der Waals surface area contributed by atoms with Crippen molar-refractivity contribution in [2.75, 3.05) is 13.7 Å². The van der Waals surface area contributed by atoms with Crippen LogP contribution in [0.3, 0.4) is 0 Å². The third kappa shape index (κ3) is 5.67. The average molecular weight is 264 g/mol. The summed E-state index contributed by atoms with van der Waals surface area (Å²) in [5, 5.41) is 3.74. The number of amides is 1. The van der Waals surface area contributed by atoms with Gasteiger partial charge in [-0.25, -0.2) is 5.43 Å². The lowest BCUT2D eigenvalue weighted by Crippen LogP contribution is -2.22. The first-order chi connectivity index (χ1) is 9.15. The molecular weight excluding hydrogens is 248 g/mol. The van der Waals surface area contributed by atoms with Crippen LogP contribution in [-0.4, -0.2) is 31.8 Å². The summed E-state index contributed by atoms with van der Waals surface area (Å²) in [6, 6.07) is 7.14. The van der Waals surface area contributed by atoms with Crippen LogP contribution in [0.15, 0.2) is 29.4 Å². The second-order valence-corrected chi connectivity index (χ2v) is 3.55. The zero-order valence-corrected chi connectivity index (χ0v) is 10.9. The number of nitrogens with one attached hydrogen (secondary N) is 1. The highest BCUT2D eigenvalue weighted by molar-refractivity contribution is 5.94. The van der Waals surface area contributed by atoms with Gasteiger partial charge in [0, 0.05) is 0 Å². The first kappa shape index (κ1) is 14.7. The van der Waals surface area contributed by atoms with Gasteiger partial charge in [-0.05, 0) is 36.8 Å². The number of carbonyl (C=O) groups is 2. The highest BCUT2D eigenvalue weighted by atomic mass is 16.5. The average Bonchev–Trinajstić information content (AvgIpc) is 2.39. The van der Waals surface area contributed by atoms with E-state index in [1.165, 1.54) is 6.21 Å². The van der Waals surface area contributed by atoms with E-state index in [4.69, 9.17) is 4.74 Å². The first-order valence-corrected chi connectivity index (χ1v) is 5.77. The van der Waals surface area contributed by atoms with E-state index in [1.54, 1.807) is 38.3 Å². The van der Waals surface area contributed by atoms with Crippen LogP contribution in [0.2, 0.25) is 0 Å². The highest BCUT2D eigenvalue weighted by Crippen LogP contribution is 2.09. The van der Waals surface area contributed by atoms with Crippen molar-refractivity contribution < 1.29 is 19.1 Å². The molecule has 6 nitrogen and oxygen atoms in total. The maximum atomic E-state index is 11.3. The number of rotatable bonds is 6. The number of methoxy groups -OCH3 is 1. The topological polar surface area (TPSA) is 77.0 Å². The molecule has 0 aliphatic heterocycles. The molecular formula is C13H16N2O4. The minimum atomic E-state index is -0.570. The van der Waals surface area contributed by atoms with Gasteiger partial charge in [0.15, 0.2) is 0 Å². The van der Waals surface area contributed by atoms with Crippen LogP contribution in [0.5, 0.6) is 5.75 Å². The Hall–Kier alpha value is -2.37. The maximum Gasteiger partial charge on any atom is 0.315 e. The normalized spacial score (nSPS) is 10.2. The summed E-state index contributed by atoms with van der Waals surface area (Å²) in [5.41, 5.74) is 3.05. The Labute approximate surface area is 111 Å². The molecule has 102 valence electrons. The van der Waals surface area contributed by atoms with Crippen LogP contribution in [0.25, 0.3) is 0 Å². The van der Waals surface area contributed by atoms with E-state index < -0.39 is 11.9 Å². The molecule has 0 saturated carbocycles. The molecule has 0 aromatic heterocycles. The van der Waals surface area contributed by atoms with Crippen LogP contribution >= 0.6 is 0 Å². The van der Waals surface area contributed by atoms with Crippen molar-refractivity contribution in [2.24, 2.45) is 5.10 Å². The molecule has 0 aliphatic rings. The lowest BCUT2D eigenvalue weighted by Gasteiger charge is -2.01. The van der Waals surface area contributed by atoms with E-state index in [1.807, 2.05) is 0 Å². The Morgan fingerprint density at radius 2 is 2.00 bits per heavy atom. The molecule has 0 radical (unpaired) electrons. The summed E-state index contributed by atoms with van der Waals surface area (Å²) in [6.07, 6.45) is 1.14. The Morgan fingerprint density at radius 3 is 2.58 bits per heavy atom. The number of hydrazone groups is 1. The van der Waals surface area contributed by atoms with Crippen molar-refractivity contribution in [2.45, 2.75) is 13.3 Å². The fraction of sp³-hybridized carbons (Fsp3) is 0.308. The van der Waals surface area contributed by atoms with E-state index in [-0.39, 0.29) is 13.0 Å². The van der Waals surface area contributed by atoms with Crippen LogP contribution < -0.4 is 10.2 Å². The number of nitrogens with zero attached hydrogens (tertiary/aromatic N) is 1. The molecule has 0 unspecified atom stereocenters. The lowest BCUT2D eigenvalue weighted by atomic mass is 10.2. The highest BCUT2D eigenvalue weighted by Gasteiger charge is 2.08. The van der Waals surface area contributed by atoms with Gasteiger partial charge in [0.2, 0.25) is 0 Å². The molecule has 19 heavy (non-hydrogen) atoms. The lowest BCUT2D eigenvalue weighted by molar-refractivity contribution is -0.145. The van der Waals surface area contributed by atoms with E-state index in [9.17, 15) is 9.59 Å². The van der Waals surface area contributed by atoms with Crippen LogP contribution in [0, 0.1) is 0 Å². The summed E-state index contributed by atoms with van der Waals surface area (Å²) in [5.74, 6) is -0.341. The fourth-order valence-electron chi connectivity index (χ4n) is 1.25. The van der Waals surface area contributed by atoms with E-state index in [0.29, 0.717) is 0 Å². The van der Waals surface area contributed by atoms with Crippen molar-refractivity contribution in [1.82, 2.24) is 5.43 Å². The van der Waals surface area contributed by atoms with Gasteiger partial charge in [0.05, 0.1) is 19.9 Å². The standard InChI is InChI=1S/C13H16N2O4/c1-3-19-13(17)8-12(16)15-14-9-10-4-6-11(18-2)7-5-10/h4-7,9H,3,8H2,1-2H3,(H,15,16)/b14-9+. The quantitative estimate of drug-likeness (QED) is 0.361. The molecule has 0 spiro atoms. The van der Waals surface area contributed by atoms with Crippen LogP contribution in [0.1, 0.15) is 18.9 Å². The number of ether oxygens (including phenoxy) is 2. The minimum Gasteiger partial charge on any atom is -0.497 e. The SMILES string of the molecule is CCOC(=O)CC(=O)N/N=C/c1ccc(OC)cc1. The van der Waals surface area contributed by atoms with Crippen molar-refractivity contribution in [3.8, 4) is 5.75 Å². The van der Waals surface area contributed by atoms with Gasteiger partial charge < -0.3 is 9.47 Å². The fourth-order valence-corrected chi connectivity index (χ4v) is 1.25. The second kappa shape index (κ2) is 7.86. The number of carbonyl (C=O) groups excluding carboxylic acids is 2. The Morgan fingerprint density at radius 1 is 1.32 bits per heavy atom. The summed E-state index contributed by atoms with van der Waals surface area (Å²) >= 11 is 0. The first-order valence-electron chi connectivity index (χ1n) is 5.77. The predicted molar refractivity (Wildman–Crippen MR) is 70.0 cm³/mol. The van der Waals surface area contributed by atoms with Gasteiger partial charge in [-0.1, -0.05) is 0 Å².